The molecular formula is C53H37NO2. The lowest BCUT2D eigenvalue weighted by Gasteiger charge is -2.30. The van der Waals surface area contributed by atoms with Gasteiger partial charge in [-0.15, -0.1) is 0 Å². The Morgan fingerprint density at radius 3 is 2.07 bits per heavy atom. The van der Waals surface area contributed by atoms with Crippen LogP contribution in [0.3, 0.4) is 0 Å². The largest absolute Gasteiger partial charge is 0.455 e. The van der Waals surface area contributed by atoms with E-state index in [-0.39, 0.29) is 5.41 Å². The van der Waals surface area contributed by atoms with Crippen LogP contribution in [0.5, 0.6) is 0 Å². The first-order chi connectivity index (χ1) is 27.5. The van der Waals surface area contributed by atoms with Gasteiger partial charge in [0, 0.05) is 43.8 Å². The van der Waals surface area contributed by atoms with Gasteiger partial charge in [-0.25, -0.2) is 0 Å². The van der Waals surface area contributed by atoms with Crippen LogP contribution in [0, 0.1) is 0 Å². The van der Waals surface area contributed by atoms with Gasteiger partial charge in [0.05, 0.1) is 16.8 Å². The third-order valence-corrected chi connectivity index (χ3v) is 11.8. The first-order valence-electron chi connectivity index (χ1n) is 19.2. The maximum atomic E-state index is 6.83. The van der Waals surface area contributed by atoms with E-state index in [1.807, 2.05) is 6.08 Å². The average Bonchev–Trinajstić information content (AvgIpc) is 3.92. The second-order valence-electron chi connectivity index (χ2n) is 15.3. The van der Waals surface area contributed by atoms with Crippen molar-refractivity contribution in [1.29, 1.82) is 0 Å². The zero-order chi connectivity index (χ0) is 37.5. The van der Waals surface area contributed by atoms with Crippen LogP contribution in [0.4, 0.5) is 17.1 Å². The summed E-state index contributed by atoms with van der Waals surface area (Å²) >= 11 is 0. The van der Waals surface area contributed by atoms with Gasteiger partial charge < -0.3 is 13.7 Å². The average molecular weight is 720 g/mol. The van der Waals surface area contributed by atoms with Gasteiger partial charge in [-0.3, -0.25) is 0 Å². The Morgan fingerprint density at radius 1 is 0.554 bits per heavy atom. The number of furan rings is 2. The second-order valence-corrected chi connectivity index (χ2v) is 15.3. The number of nitrogens with zero attached hydrogens (tertiary/aromatic N) is 1. The van der Waals surface area contributed by atoms with Crippen molar-refractivity contribution in [2.24, 2.45) is 0 Å². The Hall–Kier alpha value is -7.10. The fourth-order valence-corrected chi connectivity index (χ4v) is 9.18. The number of benzene rings is 8. The number of fused-ring (bicyclic) bond motifs is 11. The first-order valence-corrected chi connectivity index (χ1v) is 19.2. The highest BCUT2D eigenvalue weighted by atomic mass is 16.3. The SMILES string of the molecule is C=C/C=C(\c1cc2ccc3ccccc3c2o1)c1ccccc1N(c1ccc2c(c1)C(C)(C)c1ccccc1-2)c1cccc2oc3c4ccccc4ccc3c12. The van der Waals surface area contributed by atoms with Crippen molar-refractivity contribution >= 4 is 77.1 Å². The van der Waals surface area contributed by atoms with E-state index in [2.05, 4.69) is 195 Å². The summed E-state index contributed by atoms with van der Waals surface area (Å²) in [6.45, 7) is 8.85. The van der Waals surface area contributed by atoms with E-state index in [0.717, 1.165) is 88.4 Å². The molecule has 10 aromatic rings. The molecule has 3 heteroatoms. The molecule has 3 nitrogen and oxygen atoms in total. The molecule has 0 aliphatic heterocycles. The molecule has 1 aliphatic carbocycles. The zero-order valence-electron chi connectivity index (χ0n) is 31.2. The lowest BCUT2D eigenvalue weighted by Crippen LogP contribution is -2.17. The van der Waals surface area contributed by atoms with Crippen molar-refractivity contribution in [3.63, 3.8) is 0 Å². The lowest BCUT2D eigenvalue weighted by molar-refractivity contribution is 0.603. The van der Waals surface area contributed by atoms with Crippen molar-refractivity contribution < 1.29 is 8.83 Å². The van der Waals surface area contributed by atoms with E-state index < -0.39 is 0 Å². The van der Waals surface area contributed by atoms with Gasteiger partial charge in [0.15, 0.2) is 0 Å². The summed E-state index contributed by atoms with van der Waals surface area (Å²) in [5, 5.41) is 7.71. The van der Waals surface area contributed by atoms with Gasteiger partial charge in [0.1, 0.15) is 22.5 Å². The van der Waals surface area contributed by atoms with E-state index in [0.29, 0.717) is 0 Å². The van der Waals surface area contributed by atoms with E-state index in [1.54, 1.807) is 0 Å². The van der Waals surface area contributed by atoms with E-state index in [4.69, 9.17) is 8.83 Å². The predicted octanol–water partition coefficient (Wildman–Crippen LogP) is 15.0. The fraction of sp³-hybridized carbons (Fsp3) is 0.0566. The molecule has 56 heavy (non-hydrogen) atoms. The zero-order valence-corrected chi connectivity index (χ0v) is 31.2. The predicted molar refractivity (Wildman–Crippen MR) is 234 cm³/mol. The molecule has 0 radical (unpaired) electrons. The maximum absolute atomic E-state index is 6.83. The highest BCUT2D eigenvalue weighted by Crippen LogP contribution is 2.52. The summed E-state index contributed by atoms with van der Waals surface area (Å²) in [6.07, 6.45) is 3.92. The monoisotopic (exact) mass is 719 g/mol. The summed E-state index contributed by atoms with van der Waals surface area (Å²) in [4.78, 5) is 2.41. The minimum atomic E-state index is -0.175. The number of allylic oxidation sites excluding steroid dienone is 2. The standard InChI is InChI=1S/C53H37NO2/c1-4-14-42(49-31-35-26-25-33-15-5-7-17-37(33)51(35)56-49)41-20-10-12-22-46(41)54(36-28-30-40-39-19-9-11-21-44(39)53(2,3)45(40)32-36)47-23-13-24-48-50(47)43-29-27-34-16-6-8-18-38(34)52(43)55-48/h4-32H,1H2,2-3H3/b42-14-. The molecule has 2 aromatic heterocycles. The maximum Gasteiger partial charge on any atom is 0.143 e. The Balaban J connectivity index is 1.19. The number of para-hydroxylation sites is 1. The second kappa shape index (κ2) is 12.2. The van der Waals surface area contributed by atoms with E-state index in [9.17, 15) is 0 Å². The number of hydrogen-bond donors (Lipinski definition) is 0. The topological polar surface area (TPSA) is 29.5 Å². The molecule has 0 saturated heterocycles. The molecule has 8 aromatic carbocycles. The van der Waals surface area contributed by atoms with Gasteiger partial charge in [0.25, 0.3) is 0 Å². The van der Waals surface area contributed by atoms with Crippen molar-refractivity contribution in [3.8, 4) is 11.1 Å². The van der Waals surface area contributed by atoms with Crippen LogP contribution in [0.1, 0.15) is 36.3 Å². The molecule has 0 fully saturated rings. The van der Waals surface area contributed by atoms with Crippen LogP contribution < -0.4 is 4.90 Å². The molecule has 11 rings (SSSR count). The van der Waals surface area contributed by atoms with Crippen molar-refractivity contribution in [3.05, 3.63) is 205 Å². The summed E-state index contributed by atoms with van der Waals surface area (Å²) in [6, 6.07) is 58.6. The van der Waals surface area contributed by atoms with Crippen molar-refractivity contribution in [2.75, 3.05) is 4.90 Å². The third kappa shape index (κ3) is 4.71. The Kier molecular flexibility index (Phi) is 7.05. The minimum absolute atomic E-state index is 0.175. The fourth-order valence-electron chi connectivity index (χ4n) is 9.18. The number of rotatable bonds is 6. The van der Waals surface area contributed by atoms with Gasteiger partial charge in [-0.2, -0.15) is 0 Å². The lowest BCUT2D eigenvalue weighted by atomic mass is 9.82. The molecule has 0 bridgehead atoms. The first kappa shape index (κ1) is 32.3. The molecule has 1 aliphatic rings. The molecule has 0 N–H and O–H groups in total. The van der Waals surface area contributed by atoms with Gasteiger partial charge in [-0.05, 0) is 75.5 Å². The quantitative estimate of drug-likeness (QED) is 0.160. The molecular weight excluding hydrogens is 683 g/mol. The van der Waals surface area contributed by atoms with Crippen LogP contribution in [-0.4, -0.2) is 0 Å². The number of hydrogen-bond acceptors (Lipinski definition) is 3. The summed E-state index contributed by atoms with van der Waals surface area (Å²) in [5.74, 6) is 0.785. The van der Waals surface area contributed by atoms with Gasteiger partial charge >= 0.3 is 0 Å². The molecule has 0 spiro atoms. The summed E-state index contributed by atoms with van der Waals surface area (Å²) in [5.41, 5.74) is 12.8. The Labute approximate surface area is 325 Å². The third-order valence-electron chi connectivity index (χ3n) is 11.8. The van der Waals surface area contributed by atoms with Crippen LogP contribution >= 0.6 is 0 Å². The normalized spacial score (nSPS) is 13.5. The van der Waals surface area contributed by atoms with Crippen LogP contribution in [0.25, 0.3) is 71.2 Å². The highest BCUT2D eigenvalue weighted by Gasteiger charge is 2.36. The highest BCUT2D eigenvalue weighted by molar-refractivity contribution is 6.20. The molecule has 2 heterocycles. The van der Waals surface area contributed by atoms with Crippen LogP contribution in [-0.2, 0) is 5.41 Å². The van der Waals surface area contributed by atoms with Gasteiger partial charge in [0.2, 0.25) is 0 Å². The van der Waals surface area contributed by atoms with E-state index in [1.165, 1.54) is 22.3 Å². The molecule has 0 unspecified atom stereocenters. The van der Waals surface area contributed by atoms with E-state index >= 15 is 0 Å². The van der Waals surface area contributed by atoms with Crippen molar-refractivity contribution in [2.45, 2.75) is 19.3 Å². The molecule has 266 valence electrons. The molecule has 0 amide bonds. The molecule has 0 saturated carbocycles. The van der Waals surface area contributed by atoms with Gasteiger partial charge in [-0.1, -0.05) is 154 Å². The molecule has 0 atom stereocenters. The van der Waals surface area contributed by atoms with Crippen LogP contribution in [0.2, 0.25) is 0 Å². The van der Waals surface area contributed by atoms with Crippen molar-refractivity contribution in [1.82, 2.24) is 0 Å². The Morgan fingerprint density at radius 2 is 1.23 bits per heavy atom. The minimum Gasteiger partial charge on any atom is -0.455 e. The Bertz CT molecular complexity index is 3260. The van der Waals surface area contributed by atoms with Crippen LogP contribution in [0.15, 0.2) is 191 Å². The summed E-state index contributed by atoms with van der Waals surface area (Å²) < 4.78 is 13.6. The smallest absolute Gasteiger partial charge is 0.143 e. The summed E-state index contributed by atoms with van der Waals surface area (Å²) in [7, 11) is 0. The number of anilines is 3.